The van der Waals surface area contributed by atoms with Crippen molar-refractivity contribution in [3.8, 4) is 22.8 Å². The van der Waals surface area contributed by atoms with Crippen molar-refractivity contribution in [1.29, 1.82) is 0 Å². The Labute approximate surface area is 140 Å². The number of ether oxygens (including phenoxy) is 1. The Balaban J connectivity index is 2.13. The molecule has 4 nitrogen and oxygen atoms in total. The van der Waals surface area contributed by atoms with Crippen molar-refractivity contribution in [3.05, 3.63) is 54.1 Å². The first-order chi connectivity index (χ1) is 11.2. The third-order valence-electron chi connectivity index (χ3n) is 3.51. The van der Waals surface area contributed by atoms with Gasteiger partial charge in [-0.15, -0.1) is 10.2 Å². The molecular weight excluding hydrogens is 306 g/mol. The molecule has 2 aromatic carbocycles. The predicted octanol–water partition coefficient (Wildman–Crippen LogP) is 4.36. The van der Waals surface area contributed by atoms with Crippen molar-refractivity contribution in [2.45, 2.75) is 19.0 Å². The molecule has 0 fully saturated rings. The van der Waals surface area contributed by atoms with Gasteiger partial charge in [0, 0.05) is 11.3 Å². The Morgan fingerprint density at radius 1 is 1.09 bits per heavy atom. The molecule has 3 rings (SSSR count). The predicted molar refractivity (Wildman–Crippen MR) is 94.5 cm³/mol. The molecule has 0 N–H and O–H groups in total. The van der Waals surface area contributed by atoms with Crippen LogP contribution < -0.4 is 4.74 Å². The number of methoxy groups -OCH3 is 1. The van der Waals surface area contributed by atoms with E-state index in [1.807, 2.05) is 30.3 Å². The zero-order valence-electron chi connectivity index (χ0n) is 13.5. The average Bonchev–Trinajstić information content (AvgIpc) is 2.99. The van der Waals surface area contributed by atoms with E-state index in [1.165, 1.54) is 5.56 Å². The van der Waals surface area contributed by atoms with Crippen LogP contribution in [0, 0.1) is 6.92 Å². The summed E-state index contributed by atoms with van der Waals surface area (Å²) in [6.07, 6.45) is 0. The van der Waals surface area contributed by atoms with Crippen molar-refractivity contribution >= 4 is 11.8 Å². The molecule has 0 spiro atoms. The smallest absolute Gasteiger partial charge is 0.196 e. The topological polar surface area (TPSA) is 39.9 Å². The Morgan fingerprint density at radius 2 is 1.87 bits per heavy atom. The van der Waals surface area contributed by atoms with Gasteiger partial charge in [0.05, 0.1) is 7.11 Å². The highest BCUT2D eigenvalue weighted by atomic mass is 32.2. The van der Waals surface area contributed by atoms with E-state index in [0.717, 1.165) is 33.7 Å². The summed E-state index contributed by atoms with van der Waals surface area (Å²) < 4.78 is 7.35. The molecule has 118 valence electrons. The molecular formula is C18H19N3OS. The first-order valence-electron chi connectivity index (χ1n) is 7.52. The van der Waals surface area contributed by atoms with Crippen LogP contribution in [-0.4, -0.2) is 27.6 Å². The molecule has 0 saturated heterocycles. The number of aryl methyl sites for hydroxylation is 1. The highest BCUT2D eigenvalue weighted by molar-refractivity contribution is 7.99. The lowest BCUT2D eigenvalue weighted by atomic mass is 10.1. The maximum atomic E-state index is 5.25. The number of thioether (sulfide) groups is 1. The van der Waals surface area contributed by atoms with Crippen LogP contribution in [0.25, 0.3) is 17.1 Å². The normalized spacial score (nSPS) is 10.7. The Hall–Kier alpha value is -2.27. The zero-order chi connectivity index (χ0) is 16.2. The van der Waals surface area contributed by atoms with Gasteiger partial charge in [-0.25, -0.2) is 0 Å². The van der Waals surface area contributed by atoms with Gasteiger partial charge in [-0.1, -0.05) is 42.4 Å². The second-order valence-electron chi connectivity index (χ2n) is 5.14. The zero-order valence-corrected chi connectivity index (χ0v) is 14.3. The number of hydrogen-bond acceptors (Lipinski definition) is 4. The Kier molecular flexibility index (Phi) is 4.67. The van der Waals surface area contributed by atoms with Crippen LogP contribution in [0.15, 0.2) is 53.7 Å². The van der Waals surface area contributed by atoms with Crippen molar-refractivity contribution < 1.29 is 4.74 Å². The quantitative estimate of drug-likeness (QED) is 0.653. The van der Waals surface area contributed by atoms with Crippen LogP contribution in [0.1, 0.15) is 12.5 Å². The fourth-order valence-electron chi connectivity index (χ4n) is 2.43. The van der Waals surface area contributed by atoms with Gasteiger partial charge in [0.1, 0.15) is 5.75 Å². The average molecular weight is 325 g/mol. The molecule has 0 radical (unpaired) electrons. The lowest BCUT2D eigenvalue weighted by molar-refractivity contribution is 0.414. The summed E-state index contributed by atoms with van der Waals surface area (Å²) in [4.78, 5) is 0. The minimum atomic E-state index is 0.837. The summed E-state index contributed by atoms with van der Waals surface area (Å²) in [6.45, 7) is 4.20. The van der Waals surface area contributed by atoms with Gasteiger partial charge >= 0.3 is 0 Å². The summed E-state index contributed by atoms with van der Waals surface area (Å²) in [5, 5.41) is 9.70. The first-order valence-corrected chi connectivity index (χ1v) is 8.51. The van der Waals surface area contributed by atoms with Crippen LogP contribution in [0.5, 0.6) is 5.75 Å². The summed E-state index contributed by atoms with van der Waals surface area (Å²) >= 11 is 1.68. The molecule has 23 heavy (non-hydrogen) atoms. The number of nitrogens with zero attached hydrogens (tertiary/aromatic N) is 3. The van der Waals surface area contributed by atoms with Gasteiger partial charge in [-0.3, -0.25) is 4.57 Å². The molecule has 0 aliphatic carbocycles. The van der Waals surface area contributed by atoms with Crippen molar-refractivity contribution in [2.75, 3.05) is 12.9 Å². The minimum Gasteiger partial charge on any atom is -0.497 e. The SMILES string of the molecule is CCSc1nnc(-c2cccc(C)c2)n1-c1ccc(OC)cc1. The number of rotatable bonds is 5. The standard InChI is InChI=1S/C18H19N3OS/c1-4-23-18-20-19-17(14-7-5-6-13(2)12-14)21(18)15-8-10-16(22-3)11-9-15/h5-12H,4H2,1-3H3. The van der Waals surface area contributed by atoms with Crippen LogP contribution in [0.4, 0.5) is 0 Å². The molecule has 1 heterocycles. The molecule has 0 amide bonds. The van der Waals surface area contributed by atoms with Crippen molar-refractivity contribution in [1.82, 2.24) is 14.8 Å². The van der Waals surface area contributed by atoms with E-state index in [9.17, 15) is 0 Å². The van der Waals surface area contributed by atoms with E-state index >= 15 is 0 Å². The molecule has 1 aromatic heterocycles. The van der Waals surface area contributed by atoms with Crippen LogP contribution >= 0.6 is 11.8 Å². The maximum absolute atomic E-state index is 5.25. The molecule has 0 bridgehead atoms. The van der Waals surface area contributed by atoms with E-state index in [0.29, 0.717) is 0 Å². The third kappa shape index (κ3) is 3.24. The number of aromatic nitrogens is 3. The monoisotopic (exact) mass is 325 g/mol. The second-order valence-corrected chi connectivity index (χ2v) is 6.37. The van der Waals surface area contributed by atoms with E-state index < -0.39 is 0 Å². The van der Waals surface area contributed by atoms with Gasteiger partial charge in [-0.2, -0.15) is 0 Å². The third-order valence-corrected chi connectivity index (χ3v) is 4.32. The van der Waals surface area contributed by atoms with Gasteiger partial charge in [0.2, 0.25) is 0 Å². The van der Waals surface area contributed by atoms with Crippen LogP contribution in [0.3, 0.4) is 0 Å². The van der Waals surface area contributed by atoms with Gasteiger partial charge in [-0.05, 0) is 43.0 Å². The van der Waals surface area contributed by atoms with Crippen molar-refractivity contribution in [2.24, 2.45) is 0 Å². The Bertz CT molecular complexity index is 796. The minimum absolute atomic E-state index is 0.837. The van der Waals surface area contributed by atoms with Gasteiger partial charge < -0.3 is 4.74 Å². The molecule has 5 heteroatoms. The summed E-state index contributed by atoms with van der Waals surface area (Å²) in [7, 11) is 1.67. The van der Waals surface area contributed by atoms with Crippen LogP contribution in [-0.2, 0) is 0 Å². The van der Waals surface area contributed by atoms with Gasteiger partial charge in [0.25, 0.3) is 0 Å². The first kappa shape index (κ1) is 15.6. The summed E-state index contributed by atoms with van der Waals surface area (Å²) in [5.41, 5.74) is 3.30. The number of hydrogen-bond donors (Lipinski definition) is 0. The highest BCUT2D eigenvalue weighted by Crippen LogP contribution is 2.29. The maximum Gasteiger partial charge on any atom is 0.196 e. The lowest BCUT2D eigenvalue weighted by Crippen LogP contribution is -2.00. The van der Waals surface area contributed by atoms with Gasteiger partial charge in [0.15, 0.2) is 11.0 Å². The van der Waals surface area contributed by atoms with E-state index in [-0.39, 0.29) is 0 Å². The summed E-state index contributed by atoms with van der Waals surface area (Å²) in [6, 6.07) is 16.3. The molecule has 0 atom stereocenters. The second kappa shape index (κ2) is 6.87. The van der Waals surface area contributed by atoms with E-state index in [2.05, 4.69) is 46.8 Å². The lowest BCUT2D eigenvalue weighted by Gasteiger charge is -2.11. The molecule has 3 aromatic rings. The molecule has 0 saturated carbocycles. The molecule has 0 aliphatic heterocycles. The number of benzene rings is 2. The van der Waals surface area contributed by atoms with E-state index in [4.69, 9.17) is 4.74 Å². The van der Waals surface area contributed by atoms with E-state index in [1.54, 1.807) is 18.9 Å². The summed E-state index contributed by atoms with van der Waals surface area (Å²) in [5.74, 6) is 2.64. The fraction of sp³-hybridized carbons (Fsp3) is 0.222. The Morgan fingerprint density at radius 3 is 2.52 bits per heavy atom. The van der Waals surface area contributed by atoms with Crippen molar-refractivity contribution in [3.63, 3.8) is 0 Å². The molecule has 0 unspecified atom stereocenters. The van der Waals surface area contributed by atoms with Crippen LogP contribution in [0.2, 0.25) is 0 Å². The largest absolute Gasteiger partial charge is 0.497 e. The fourth-order valence-corrected chi connectivity index (χ4v) is 3.11. The molecule has 0 aliphatic rings. The highest BCUT2D eigenvalue weighted by Gasteiger charge is 2.15.